The Labute approximate surface area is 99.7 Å². The van der Waals surface area contributed by atoms with E-state index >= 15 is 0 Å². The van der Waals surface area contributed by atoms with Gasteiger partial charge < -0.3 is 10.1 Å². The van der Waals surface area contributed by atoms with Crippen LogP contribution in [-0.2, 0) is 19.4 Å². The molecule has 0 saturated carbocycles. The third kappa shape index (κ3) is 2.18. The van der Waals surface area contributed by atoms with Gasteiger partial charge in [-0.25, -0.2) is 8.42 Å². The standard InChI is InChI=1S/C11H13NO4S/c1-7(13)12-8-3-4-9-10(16-2)6-17(14,15)11(9)5-8/h3-5,10H,6H2,1-2H3,(H,12,13). The van der Waals surface area contributed by atoms with Gasteiger partial charge in [-0.15, -0.1) is 0 Å². The lowest BCUT2D eigenvalue weighted by atomic mass is 10.1. The molecule has 1 atom stereocenters. The van der Waals surface area contributed by atoms with Crippen LogP contribution in [0.5, 0.6) is 0 Å². The van der Waals surface area contributed by atoms with Crippen LogP contribution in [0.2, 0.25) is 0 Å². The predicted molar refractivity (Wildman–Crippen MR) is 62.5 cm³/mol. The number of ether oxygens (including phenoxy) is 1. The van der Waals surface area contributed by atoms with Crippen molar-refractivity contribution in [2.75, 3.05) is 18.2 Å². The van der Waals surface area contributed by atoms with Crippen LogP contribution >= 0.6 is 0 Å². The monoisotopic (exact) mass is 255 g/mol. The number of carbonyl (C=O) groups is 1. The summed E-state index contributed by atoms with van der Waals surface area (Å²) in [6.07, 6.45) is -0.415. The van der Waals surface area contributed by atoms with E-state index < -0.39 is 15.9 Å². The van der Waals surface area contributed by atoms with Crippen molar-refractivity contribution in [2.24, 2.45) is 0 Å². The van der Waals surface area contributed by atoms with Gasteiger partial charge in [0.1, 0.15) is 0 Å². The van der Waals surface area contributed by atoms with Crippen LogP contribution in [0.25, 0.3) is 0 Å². The van der Waals surface area contributed by atoms with Crippen molar-refractivity contribution in [3.8, 4) is 0 Å². The number of sulfone groups is 1. The van der Waals surface area contributed by atoms with Crippen molar-refractivity contribution in [1.82, 2.24) is 0 Å². The fourth-order valence-corrected chi connectivity index (χ4v) is 3.68. The first kappa shape index (κ1) is 12.1. The quantitative estimate of drug-likeness (QED) is 0.859. The summed E-state index contributed by atoms with van der Waals surface area (Å²) in [5.41, 5.74) is 1.14. The number of rotatable bonds is 2. The lowest BCUT2D eigenvalue weighted by Gasteiger charge is -2.08. The molecule has 2 rings (SSSR count). The molecule has 1 aromatic rings. The maximum atomic E-state index is 11.9. The van der Waals surface area contributed by atoms with Gasteiger partial charge in [0.15, 0.2) is 9.84 Å². The molecule has 1 heterocycles. The molecule has 0 fully saturated rings. The number of hydrogen-bond donors (Lipinski definition) is 1. The van der Waals surface area contributed by atoms with Crippen LogP contribution in [0.1, 0.15) is 18.6 Å². The van der Waals surface area contributed by atoms with Crippen LogP contribution in [0.15, 0.2) is 23.1 Å². The molecule has 0 aromatic heterocycles. The van der Waals surface area contributed by atoms with Gasteiger partial charge in [0.05, 0.1) is 16.8 Å². The summed E-state index contributed by atoms with van der Waals surface area (Å²) >= 11 is 0. The molecule has 17 heavy (non-hydrogen) atoms. The van der Waals surface area contributed by atoms with E-state index in [2.05, 4.69) is 5.32 Å². The molecule has 6 heteroatoms. The first-order chi connectivity index (χ1) is 7.94. The lowest BCUT2D eigenvalue weighted by molar-refractivity contribution is -0.114. The topological polar surface area (TPSA) is 72.5 Å². The Kier molecular flexibility index (Phi) is 2.92. The Balaban J connectivity index is 2.48. The molecule has 0 bridgehead atoms. The summed E-state index contributed by atoms with van der Waals surface area (Å²) in [5.74, 6) is -0.272. The minimum Gasteiger partial charge on any atom is -0.376 e. The number of anilines is 1. The van der Waals surface area contributed by atoms with Crippen molar-refractivity contribution < 1.29 is 17.9 Å². The zero-order valence-electron chi connectivity index (χ0n) is 9.56. The van der Waals surface area contributed by atoms with Gasteiger partial charge in [-0.3, -0.25) is 4.79 Å². The Morgan fingerprint density at radius 3 is 2.76 bits per heavy atom. The highest BCUT2D eigenvalue weighted by atomic mass is 32.2. The minimum absolute atomic E-state index is 0.0393. The highest BCUT2D eigenvalue weighted by molar-refractivity contribution is 7.91. The number of methoxy groups -OCH3 is 1. The molecule has 0 radical (unpaired) electrons. The Morgan fingerprint density at radius 1 is 1.47 bits per heavy atom. The molecule has 1 amide bonds. The number of amides is 1. The molecule has 0 saturated heterocycles. The highest BCUT2D eigenvalue weighted by Crippen LogP contribution is 2.36. The summed E-state index contributed by atoms with van der Waals surface area (Å²) in [7, 11) is -1.82. The second kappa shape index (κ2) is 4.12. The normalized spacial score (nSPS) is 20.9. The van der Waals surface area contributed by atoms with E-state index in [0.717, 1.165) is 0 Å². The van der Waals surface area contributed by atoms with Gasteiger partial charge in [-0.05, 0) is 12.1 Å². The van der Waals surface area contributed by atoms with E-state index in [9.17, 15) is 13.2 Å². The van der Waals surface area contributed by atoms with Crippen LogP contribution in [0, 0.1) is 0 Å². The molecule has 1 aliphatic heterocycles. The Hall–Kier alpha value is -1.40. The van der Waals surface area contributed by atoms with Gasteiger partial charge in [0, 0.05) is 25.3 Å². The molecular weight excluding hydrogens is 242 g/mol. The Morgan fingerprint density at radius 2 is 2.18 bits per heavy atom. The first-order valence-corrected chi connectivity index (χ1v) is 6.76. The maximum absolute atomic E-state index is 11.9. The van der Waals surface area contributed by atoms with Crippen LogP contribution < -0.4 is 5.32 Å². The molecular formula is C11H13NO4S. The number of carbonyl (C=O) groups excluding carboxylic acids is 1. The molecule has 92 valence electrons. The predicted octanol–water partition coefficient (Wildman–Crippen LogP) is 1.12. The van der Waals surface area contributed by atoms with Crippen molar-refractivity contribution >= 4 is 21.4 Å². The fraction of sp³-hybridized carbons (Fsp3) is 0.364. The van der Waals surface area contributed by atoms with Crippen LogP contribution in [0.4, 0.5) is 5.69 Å². The molecule has 0 spiro atoms. The van der Waals surface area contributed by atoms with Crippen LogP contribution in [0.3, 0.4) is 0 Å². The average Bonchev–Trinajstić information content (AvgIpc) is 2.50. The van der Waals surface area contributed by atoms with E-state index in [1.165, 1.54) is 20.1 Å². The van der Waals surface area contributed by atoms with Crippen molar-refractivity contribution in [2.45, 2.75) is 17.9 Å². The van der Waals surface area contributed by atoms with E-state index in [1.54, 1.807) is 12.1 Å². The second-order valence-corrected chi connectivity index (χ2v) is 5.94. The van der Waals surface area contributed by atoms with E-state index in [4.69, 9.17) is 4.74 Å². The van der Waals surface area contributed by atoms with E-state index in [0.29, 0.717) is 11.3 Å². The number of benzene rings is 1. The lowest BCUT2D eigenvalue weighted by Crippen LogP contribution is -2.06. The van der Waals surface area contributed by atoms with Crippen molar-refractivity contribution in [3.05, 3.63) is 23.8 Å². The summed E-state index contributed by atoms with van der Waals surface area (Å²) in [6, 6.07) is 4.83. The second-order valence-electron chi connectivity index (χ2n) is 3.94. The molecule has 1 aliphatic rings. The highest BCUT2D eigenvalue weighted by Gasteiger charge is 2.34. The van der Waals surface area contributed by atoms with Crippen LogP contribution in [-0.4, -0.2) is 27.2 Å². The summed E-state index contributed by atoms with van der Waals surface area (Å²) in [6.45, 7) is 1.37. The molecule has 1 aromatic carbocycles. The largest absolute Gasteiger partial charge is 0.376 e. The first-order valence-electron chi connectivity index (χ1n) is 5.11. The van der Waals surface area contributed by atoms with E-state index in [1.807, 2.05) is 0 Å². The number of fused-ring (bicyclic) bond motifs is 1. The molecule has 1 N–H and O–H groups in total. The van der Waals surface area contributed by atoms with Gasteiger partial charge in [-0.2, -0.15) is 0 Å². The van der Waals surface area contributed by atoms with E-state index in [-0.39, 0.29) is 16.6 Å². The summed E-state index contributed by atoms with van der Waals surface area (Å²) in [4.78, 5) is 11.2. The third-order valence-corrected chi connectivity index (χ3v) is 4.44. The molecule has 0 aliphatic carbocycles. The molecule has 1 unspecified atom stereocenters. The molecule has 5 nitrogen and oxygen atoms in total. The fourth-order valence-electron chi connectivity index (χ4n) is 1.92. The Bertz CT molecular complexity index is 565. The number of hydrogen-bond acceptors (Lipinski definition) is 4. The van der Waals surface area contributed by atoms with Gasteiger partial charge >= 0.3 is 0 Å². The van der Waals surface area contributed by atoms with Crippen molar-refractivity contribution in [1.29, 1.82) is 0 Å². The van der Waals surface area contributed by atoms with Gasteiger partial charge in [-0.1, -0.05) is 6.07 Å². The van der Waals surface area contributed by atoms with Gasteiger partial charge in [0.25, 0.3) is 0 Å². The zero-order valence-corrected chi connectivity index (χ0v) is 10.4. The van der Waals surface area contributed by atoms with Crippen molar-refractivity contribution in [3.63, 3.8) is 0 Å². The smallest absolute Gasteiger partial charge is 0.221 e. The maximum Gasteiger partial charge on any atom is 0.221 e. The number of nitrogens with one attached hydrogen (secondary N) is 1. The average molecular weight is 255 g/mol. The summed E-state index contributed by atoms with van der Waals surface area (Å²) < 4.78 is 28.9. The zero-order chi connectivity index (χ0) is 12.6. The summed E-state index contributed by atoms with van der Waals surface area (Å²) in [5, 5.41) is 2.56. The van der Waals surface area contributed by atoms with Gasteiger partial charge in [0.2, 0.25) is 5.91 Å². The SMILES string of the molecule is COC1CS(=O)(=O)c2cc(NC(C)=O)ccc21. The third-order valence-electron chi connectivity index (χ3n) is 2.67. The minimum atomic E-state index is -3.30.